The first-order valence-corrected chi connectivity index (χ1v) is 6.00. The smallest absolute Gasteiger partial charge is 0.330 e. The minimum Gasteiger partial charge on any atom is -0.493 e. The molecule has 0 aliphatic heterocycles. The van der Waals surface area contributed by atoms with Crippen LogP contribution in [0.2, 0.25) is 5.02 Å². The molecular formula is C12H16ClN3O3. The maximum absolute atomic E-state index is 11.6. The Morgan fingerprint density at radius 2 is 2.21 bits per heavy atom. The lowest BCUT2D eigenvalue weighted by Crippen LogP contribution is -2.36. The van der Waals surface area contributed by atoms with E-state index in [9.17, 15) is 4.79 Å². The van der Waals surface area contributed by atoms with Gasteiger partial charge in [-0.05, 0) is 18.1 Å². The van der Waals surface area contributed by atoms with Crippen molar-refractivity contribution in [3.63, 3.8) is 0 Å². The number of esters is 1. The molecule has 7 heteroatoms. The van der Waals surface area contributed by atoms with Gasteiger partial charge < -0.3 is 20.5 Å². The summed E-state index contributed by atoms with van der Waals surface area (Å²) in [5.41, 5.74) is 5.92. The number of carbonyl (C=O) groups is 1. The van der Waals surface area contributed by atoms with Gasteiger partial charge in [-0.25, -0.2) is 4.79 Å². The Bertz CT molecular complexity index is 491. The molecule has 0 fully saturated rings. The van der Waals surface area contributed by atoms with Gasteiger partial charge in [0, 0.05) is 11.1 Å². The molecule has 1 aromatic rings. The first-order chi connectivity index (χ1) is 8.97. The molecule has 0 aliphatic carbocycles. The molecule has 1 rings (SSSR count). The topological polar surface area (TPSA) is 97.4 Å². The summed E-state index contributed by atoms with van der Waals surface area (Å²) in [5, 5.41) is 9.77. The van der Waals surface area contributed by atoms with E-state index in [0.717, 1.165) is 5.56 Å². The maximum atomic E-state index is 11.6. The van der Waals surface area contributed by atoms with Gasteiger partial charge in [-0.15, -0.1) is 0 Å². The molecule has 0 bridgehead atoms. The number of ether oxygens (including phenoxy) is 2. The summed E-state index contributed by atoms with van der Waals surface area (Å²) < 4.78 is 10.4. The third kappa shape index (κ3) is 4.33. The van der Waals surface area contributed by atoms with Crippen LogP contribution in [-0.2, 0) is 11.2 Å². The second kappa shape index (κ2) is 6.84. The van der Waals surface area contributed by atoms with Crippen LogP contribution in [-0.4, -0.2) is 25.6 Å². The van der Waals surface area contributed by atoms with Crippen LogP contribution in [0.4, 0.5) is 0 Å². The number of methoxy groups -OCH3 is 1. The van der Waals surface area contributed by atoms with Crippen molar-refractivity contribution in [2.75, 3.05) is 13.7 Å². The molecular weight excluding hydrogens is 270 g/mol. The Morgan fingerprint density at radius 1 is 1.53 bits per heavy atom. The lowest BCUT2D eigenvalue weighted by Gasteiger charge is -2.13. The predicted octanol–water partition coefficient (Wildman–Crippen LogP) is 1.30. The number of benzene rings is 1. The number of nitrogens with one attached hydrogen (secondary N) is 2. The summed E-state index contributed by atoms with van der Waals surface area (Å²) in [4.78, 5) is 11.6. The summed E-state index contributed by atoms with van der Waals surface area (Å²) in [5.74, 6) is -0.160. The number of hydrogen-bond donors (Lipinski definition) is 3. The van der Waals surface area contributed by atoms with Gasteiger partial charge in [0.2, 0.25) is 0 Å². The number of nitrogens with two attached hydrogens (primary N) is 1. The van der Waals surface area contributed by atoms with Crippen LogP contribution in [0.1, 0.15) is 12.5 Å². The number of aryl methyl sites for hydroxylation is 1. The molecule has 0 saturated heterocycles. The highest BCUT2D eigenvalue weighted by Gasteiger charge is 2.14. The van der Waals surface area contributed by atoms with E-state index in [0.29, 0.717) is 17.2 Å². The van der Waals surface area contributed by atoms with Gasteiger partial charge >= 0.3 is 5.97 Å². The second-order valence-electron chi connectivity index (χ2n) is 3.69. The fraction of sp³-hybridized carbons (Fsp3) is 0.333. The maximum Gasteiger partial charge on any atom is 0.330 e. The van der Waals surface area contributed by atoms with Crippen LogP contribution in [0.25, 0.3) is 0 Å². The van der Waals surface area contributed by atoms with Crippen molar-refractivity contribution in [1.29, 1.82) is 5.41 Å². The molecule has 4 N–H and O–H groups in total. The molecule has 0 atom stereocenters. The van der Waals surface area contributed by atoms with Crippen LogP contribution in [0, 0.1) is 5.41 Å². The van der Waals surface area contributed by atoms with Crippen LogP contribution < -0.4 is 20.5 Å². The fourth-order valence-electron chi connectivity index (χ4n) is 1.52. The molecule has 104 valence electrons. The molecule has 0 heterocycles. The molecule has 0 spiro atoms. The van der Waals surface area contributed by atoms with Gasteiger partial charge in [0.15, 0.2) is 17.5 Å². The summed E-state index contributed by atoms with van der Waals surface area (Å²) in [7, 11) is 1.49. The fourth-order valence-corrected chi connectivity index (χ4v) is 1.75. The lowest BCUT2D eigenvalue weighted by atomic mass is 10.1. The highest BCUT2D eigenvalue weighted by Crippen LogP contribution is 2.35. The van der Waals surface area contributed by atoms with Gasteiger partial charge in [0.1, 0.15) is 6.54 Å². The normalized spacial score (nSPS) is 9.84. The lowest BCUT2D eigenvalue weighted by molar-refractivity contribution is -0.133. The molecule has 0 aromatic heterocycles. The molecule has 0 aliphatic rings. The zero-order valence-electron chi connectivity index (χ0n) is 10.7. The van der Waals surface area contributed by atoms with Crippen LogP contribution in [0.15, 0.2) is 12.1 Å². The average molecular weight is 286 g/mol. The first kappa shape index (κ1) is 15.1. The molecule has 0 radical (unpaired) electrons. The SMILES string of the molecule is CCc1cc(Cl)cc(OC(=O)CNC(=N)N)c1OC. The van der Waals surface area contributed by atoms with E-state index in [1.807, 2.05) is 6.92 Å². The Kier molecular flexibility index (Phi) is 5.44. The Labute approximate surface area is 116 Å². The Balaban J connectivity index is 2.90. The highest BCUT2D eigenvalue weighted by molar-refractivity contribution is 6.30. The zero-order chi connectivity index (χ0) is 14.4. The van der Waals surface area contributed by atoms with E-state index in [1.54, 1.807) is 6.07 Å². The molecule has 1 aromatic carbocycles. The van der Waals surface area contributed by atoms with Crippen molar-refractivity contribution in [3.8, 4) is 11.5 Å². The monoisotopic (exact) mass is 285 g/mol. The summed E-state index contributed by atoms with van der Waals surface area (Å²) >= 11 is 5.95. The minimum absolute atomic E-state index is 0.202. The van der Waals surface area contributed by atoms with Crippen LogP contribution >= 0.6 is 11.6 Å². The van der Waals surface area contributed by atoms with Gasteiger partial charge in [0.05, 0.1) is 7.11 Å². The number of hydrogen-bond acceptors (Lipinski definition) is 4. The summed E-state index contributed by atoms with van der Waals surface area (Å²) in [6.45, 7) is 1.74. The van der Waals surface area contributed by atoms with Crippen molar-refractivity contribution in [3.05, 3.63) is 22.7 Å². The third-order valence-corrected chi connectivity index (χ3v) is 2.55. The number of rotatable bonds is 5. The predicted molar refractivity (Wildman–Crippen MR) is 72.9 cm³/mol. The number of carbonyl (C=O) groups excluding carboxylic acids is 1. The molecule has 0 unspecified atom stereocenters. The average Bonchev–Trinajstić information content (AvgIpc) is 2.35. The summed E-state index contributed by atoms with van der Waals surface area (Å²) in [6, 6.07) is 3.26. The van der Waals surface area contributed by atoms with Gasteiger partial charge in [-0.1, -0.05) is 18.5 Å². The van der Waals surface area contributed by atoms with E-state index in [-0.39, 0.29) is 18.3 Å². The van der Waals surface area contributed by atoms with Crippen LogP contribution in [0.3, 0.4) is 0 Å². The van der Waals surface area contributed by atoms with Crippen molar-refractivity contribution in [2.24, 2.45) is 5.73 Å². The van der Waals surface area contributed by atoms with E-state index in [2.05, 4.69) is 5.32 Å². The first-order valence-electron chi connectivity index (χ1n) is 5.62. The Morgan fingerprint density at radius 3 is 2.74 bits per heavy atom. The van der Waals surface area contributed by atoms with Gasteiger partial charge in [0.25, 0.3) is 0 Å². The van der Waals surface area contributed by atoms with E-state index in [4.69, 9.17) is 32.2 Å². The van der Waals surface area contributed by atoms with Gasteiger partial charge in [-0.3, -0.25) is 5.41 Å². The van der Waals surface area contributed by atoms with Crippen LogP contribution in [0.5, 0.6) is 11.5 Å². The van der Waals surface area contributed by atoms with Crippen molar-refractivity contribution < 1.29 is 14.3 Å². The number of guanidine groups is 1. The van der Waals surface area contributed by atoms with Crippen molar-refractivity contribution >= 4 is 23.5 Å². The van der Waals surface area contributed by atoms with E-state index in [1.165, 1.54) is 13.2 Å². The summed E-state index contributed by atoms with van der Waals surface area (Å²) in [6.07, 6.45) is 0.694. The van der Waals surface area contributed by atoms with E-state index >= 15 is 0 Å². The quantitative estimate of drug-likeness (QED) is 0.328. The Hall–Kier alpha value is -1.95. The van der Waals surface area contributed by atoms with Gasteiger partial charge in [-0.2, -0.15) is 0 Å². The largest absolute Gasteiger partial charge is 0.493 e. The molecule has 0 saturated carbocycles. The highest BCUT2D eigenvalue weighted by atomic mass is 35.5. The van der Waals surface area contributed by atoms with Crippen molar-refractivity contribution in [2.45, 2.75) is 13.3 Å². The molecule has 6 nitrogen and oxygen atoms in total. The van der Waals surface area contributed by atoms with Crippen molar-refractivity contribution in [1.82, 2.24) is 5.32 Å². The molecule has 0 amide bonds. The standard InChI is InChI=1S/C12H16ClN3O3/c1-3-7-4-8(13)5-9(11(7)18-2)19-10(17)6-16-12(14)15/h4-5H,3,6H2,1-2H3,(H4,14,15,16). The van der Waals surface area contributed by atoms with E-state index < -0.39 is 5.97 Å². The molecule has 19 heavy (non-hydrogen) atoms. The third-order valence-electron chi connectivity index (χ3n) is 2.33. The number of halogens is 1. The zero-order valence-corrected chi connectivity index (χ0v) is 11.5. The second-order valence-corrected chi connectivity index (χ2v) is 4.13. The minimum atomic E-state index is -0.585.